The van der Waals surface area contributed by atoms with E-state index in [-0.39, 0.29) is 0 Å². The van der Waals surface area contributed by atoms with Crippen molar-refractivity contribution in [3.05, 3.63) is 0 Å². The molecule has 1 aliphatic heterocycles. The van der Waals surface area contributed by atoms with Gasteiger partial charge in [-0.2, -0.15) is 0 Å². The Labute approximate surface area is 67.0 Å². The fourth-order valence-corrected chi connectivity index (χ4v) is 1.42. The summed E-state index contributed by atoms with van der Waals surface area (Å²) in [5.41, 5.74) is 0. The molecule has 1 N–H and O–H groups in total. The van der Waals surface area contributed by atoms with Crippen molar-refractivity contribution in [1.82, 2.24) is 4.90 Å². The lowest BCUT2D eigenvalue weighted by molar-refractivity contribution is 0.0755. The first-order valence-corrected chi connectivity index (χ1v) is 4.28. The van der Waals surface area contributed by atoms with Gasteiger partial charge in [0, 0.05) is 13.1 Å². The fourth-order valence-electron chi connectivity index (χ4n) is 1.42. The predicted molar refractivity (Wildman–Crippen MR) is 42.3 cm³/mol. The van der Waals surface area contributed by atoms with E-state index in [1.807, 2.05) is 0 Å². The molecule has 0 aromatic heterocycles. The quantitative estimate of drug-likeness (QED) is 0.615. The van der Waals surface area contributed by atoms with Crippen molar-refractivity contribution >= 4 is 0 Å². The van der Waals surface area contributed by atoms with Gasteiger partial charge in [0.05, 0.1) is 6.10 Å². The number of rotatable bonds is 1. The molecule has 0 aromatic rings. The number of aliphatic hydroxyl groups is 1. The summed E-state index contributed by atoms with van der Waals surface area (Å²) in [7, 11) is 0. The van der Waals surface area contributed by atoms with Crippen LogP contribution in [0.5, 0.6) is 0 Å². The molecule has 1 aliphatic rings. The molecular formula is C8H16FNO. The van der Waals surface area contributed by atoms with Crippen LogP contribution in [0.25, 0.3) is 0 Å². The predicted octanol–water partition coefficient (Wildman–Crippen LogP) is 0.801. The minimum Gasteiger partial charge on any atom is -0.390 e. The van der Waals surface area contributed by atoms with Gasteiger partial charge in [0.1, 0.15) is 6.17 Å². The number of alkyl halides is 1. The van der Waals surface area contributed by atoms with Crippen LogP contribution in [0.4, 0.5) is 4.39 Å². The van der Waals surface area contributed by atoms with Crippen molar-refractivity contribution in [2.75, 3.05) is 19.6 Å². The van der Waals surface area contributed by atoms with Crippen LogP contribution < -0.4 is 0 Å². The van der Waals surface area contributed by atoms with Crippen molar-refractivity contribution in [1.29, 1.82) is 0 Å². The van der Waals surface area contributed by atoms with Crippen LogP contribution in [-0.2, 0) is 0 Å². The van der Waals surface area contributed by atoms with Gasteiger partial charge in [-0.3, -0.25) is 0 Å². The van der Waals surface area contributed by atoms with E-state index in [0.717, 1.165) is 19.6 Å². The first-order chi connectivity index (χ1) is 5.24. The van der Waals surface area contributed by atoms with Crippen LogP contribution in [0.2, 0.25) is 0 Å². The average molecular weight is 161 g/mol. The molecule has 3 heteroatoms. The second-order valence-electron chi connectivity index (χ2n) is 3.09. The van der Waals surface area contributed by atoms with Gasteiger partial charge in [-0.25, -0.2) is 4.39 Å². The van der Waals surface area contributed by atoms with Gasteiger partial charge in [-0.05, 0) is 19.4 Å². The lowest BCUT2D eigenvalue weighted by Gasteiger charge is -2.15. The van der Waals surface area contributed by atoms with Gasteiger partial charge in [0.15, 0.2) is 0 Å². The van der Waals surface area contributed by atoms with Gasteiger partial charge < -0.3 is 10.0 Å². The van der Waals surface area contributed by atoms with Crippen LogP contribution >= 0.6 is 0 Å². The lowest BCUT2D eigenvalue weighted by atomic mass is 10.1. The number of hydrogen-bond donors (Lipinski definition) is 1. The van der Waals surface area contributed by atoms with Gasteiger partial charge >= 0.3 is 0 Å². The summed E-state index contributed by atoms with van der Waals surface area (Å²) in [6, 6.07) is 0. The van der Waals surface area contributed by atoms with E-state index in [4.69, 9.17) is 5.11 Å². The molecule has 0 spiro atoms. The van der Waals surface area contributed by atoms with E-state index in [9.17, 15) is 4.39 Å². The standard InChI is InChI=1S/C8H16FNO/c1-2-10-5-3-7(9)8(11)4-6-10/h7-8,11H,2-6H2,1H3. The minimum absolute atomic E-state index is 0.481. The highest BCUT2D eigenvalue weighted by molar-refractivity contribution is 4.75. The SMILES string of the molecule is CCN1CCC(O)C(F)CC1. The summed E-state index contributed by atoms with van der Waals surface area (Å²) in [4.78, 5) is 2.17. The second-order valence-corrected chi connectivity index (χ2v) is 3.09. The molecule has 0 aliphatic carbocycles. The molecule has 2 atom stereocenters. The maximum absolute atomic E-state index is 12.9. The lowest BCUT2D eigenvalue weighted by Crippen LogP contribution is -2.24. The third kappa shape index (κ3) is 2.42. The Hall–Kier alpha value is -0.150. The molecule has 2 nitrogen and oxygen atoms in total. The molecule has 0 aromatic carbocycles. The molecule has 1 heterocycles. The van der Waals surface area contributed by atoms with Crippen LogP contribution in [0, 0.1) is 0 Å². The third-order valence-electron chi connectivity index (χ3n) is 2.33. The van der Waals surface area contributed by atoms with Gasteiger partial charge in [-0.1, -0.05) is 6.92 Å². The topological polar surface area (TPSA) is 23.5 Å². The normalized spacial score (nSPS) is 35.2. The van der Waals surface area contributed by atoms with E-state index >= 15 is 0 Å². The molecule has 1 saturated heterocycles. The maximum Gasteiger partial charge on any atom is 0.127 e. The van der Waals surface area contributed by atoms with Crippen molar-refractivity contribution in [3.8, 4) is 0 Å². The van der Waals surface area contributed by atoms with Crippen molar-refractivity contribution < 1.29 is 9.50 Å². The summed E-state index contributed by atoms with van der Waals surface area (Å²) in [6.07, 6.45) is -0.678. The van der Waals surface area contributed by atoms with E-state index in [2.05, 4.69) is 11.8 Å². The molecule has 0 radical (unpaired) electrons. The van der Waals surface area contributed by atoms with Crippen LogP contribution in [0.15, 0.2) is 0 Å². The van der Waals surface area contributed by atoms with Crippen molar-refractivity contribution in [2.24, 2.45) is 0 Å². The summed E-state index contributed by atoms with van der Waals surface area (Å²) in [6.45, 7) is 4.64. The monoisotopic (exact) mass is 161 g/mol. The van der Waals surface area contributed by atoms with E-state index in [0.29, 0.717) is 12.8 Å². The molecule has 0 bridgehead atoms. The molecule has 11 heavy (non-hydrogen) atoms. The summed E-state index contributed by atoms with van der Waals surface area (Å²) < 4.78 is 12.9. The molecule has 1 rings (SSSR count). The molecule has 1 fully saturated rings. The molecule has 0 saturated carbocycles. The Bertz CT molecular complexity index is 109. The van der Waals surface area contributed by atoms with Crippen LogP contribution in [0.1, 0.15) is 19.8 Å². The number of aliphatic hydroxyl groups excluding tert-OH is 1. The van der Waals surface area contributed by atoms with Crippen LogP contribution in [-0.4, -0.2) is 41.9 Å². The van der Waals surface area contributed by atoms with E-state index in [1.165, 1.54) is 0 Å². The fraction of sp³-hybridized carbons (Fsp3) is 1.00. The van der Waals surface area contributed by atoms with Gasteiger partial charge in [0.2, 0.25) is 0 Å². The highest BCUT2D eigenvalue weighted by Gasteiger charge is 2.23. The zero-order valence-electron chi connectivity index (χ0n) is 6.96. The van der Waals surface area contributed by atoms with Crippen molar-refractivity contribution in [3.63, 3.8) is 0 Å². The third-order valence-corrected chi connectivity index (χ3v) is 2.33. The number of hydrogen-bond acceptors (Lipinski definition) is 2. The Morgan fingerprint density at radius 3 is 2.73 bits per heavy atom. The number of likely N-dealkylation sites (tertiary alicyclic amines) is 1. The molecule has 0 amide bonds. The first-order valence-electron chi connectivity index (χ1n) is 4.28. The summed E-state index contributed by atoms with van der Waals surface area (Å²) in [5.74, 6) is 0. The maximum atomic E-state index is 12.9. The smallest absolute Gasteiger partial charge is 0.127 e. The van der Waals surface area contributed by atoms with E-state index < -0.39 is 12.3 Å². The number of halogens is 1. The molecule has 2 unspecified atom stereocenters. The Morgan fingerprint density at radius 2 is 2.09 bits per heavy atom. The Balaban J connectivity index is 2.38. The van der Waals surface area contributed by atoms with Crippen molar-refractivity contribution in [2.45, 2.75) is 32.0 Å². The summed E-state index contributed by atoms with van der Waals surface area (Å²) in [5, 5.41) is 9.17. The summed E-state index contributed by atoms with van der Waals surface area (Å²) >= 11 is 0. The van der Waals surface area contributed by atoms with Crippen LogP contribution in [0.3, 0.4) is 0 Å². The van der Waals surface area contributed by atoms with E-state index in [1.54, 1.807) is 0 Å². The zero-order chi connectivity index (χ0) is 8.27. The first kappa shape index (κ1) is 8.94. The highest BCUT2D eigenvalue weighted by atomic mass is 19.1. The molecular weight excluding hydrogens is 145 g/mol. The Kier molecular flexibility index (Phi) is 3.27. The Morgan fingerprint density at radius 1 is 1.45 bits per heavy atom. The minimum atomic E-state index is -1.01. The largest absolute Gasteiger partial charge is 0.390 e. The van der Waals surface area contributed by atoms with Gasteiger partial charge in [0.25, 0.3) is 0 Å². The second kappa shape index (κ2) is 4.02. The van der Waals surface area contributed by atoms with Gasteiger partial charge in [-0.15, -0.1) is 0 Å². The zero-order valence-corrected chi connectivity index (χ0v) is 6.96. The highest BCUT2D eigenvalue weighted by Crippen LogP contribution is 2.14. The number of nitrogens with zero attached hydrogens (tertiary/aromatic N) is 1. The molecule has 66 valence electrons. The average Bonchev–Trinajstić information content (AvgIpc) is 2.16.